The van der Waals surface area contributed by atoms with Crippen molar-refractivity contribution in [1.82, 2.24) is 0 Å². The number of carboxylic acid groups (broad SMARTS) is 1. The van der Waals surface area contributed by atoms with Crippen LogP contribution in [0.15, 0.2) is 48.5 Å². The second-order valence-corrected chi connectivity index (χ2v) is 5.43. The number of benzene rings is 2. The van der Waals surface area contributed by atoms with Gasteiger partial charge in [-0.15, -0.1) is 11.6 Å². The largest absolute Gasteiger partial charge is 0.488 e. The van der Waals surface area contributed by atoms with E-state index in [4.69, 9.17) is 21.4 Å². The zero-order valence-corrected chi connectivity index (χ0v) is 12.6. The molecule has 0 saturated heterocycles. The van der Waals surface area contributed by atoms with Crippen LogP contribution in [0.4, 0.5) is 0 Å². The molecule has 0 atom stereocenters. The Hall–Kier alpha value is -2.26. The molecule has 2 aromatic carbocycles. The van der Waals surface area contributed by atoms with Crippen LogP contribution in [0.3, 0.4) is 0 Å². The number of ether oxygens (including phenoxy) is 1. The maximum Gasteiger partial charge on any atom is 0.307 e. The fourth-order valence-electron chi connectivity index (χ4n) is 2.70. The normalized spacial score (nSPS) is 14.7. The number of allylic oxidation sites excluding steroid dienone is 1. The Morgan fingerprint density at radius 3 is 2.82 bits per heavy atom. The van der Waals surface area contributed by atoms with E-state index in [9.17, 15) is 4.79 Å². The molecule has 0 saturated carbocycles. The Balaban J connectivity index is 2.16. The molecule has 0 spiro atoms. The maximum absolute atomic E-state index is 10.9. The third kappa shape index (κ3) is 2.85. The minimum Gasteiger partial charge on any atom is -0.488 e. The van der Waals surface area contributed by atoms with Gasteiger partial charge < -0.3 is 9.84 Å². The van der Waals surface area contributed by atoms with Crippen LogP contribution < -0.4 is 4.74 Å². The highest BCUT2D eigenvalue weighted by molar-refractivity contribution is 6.19. The lowest BCUT2D eigenvalue weighted by atomic mass is 9.93. The van der Waals surface area contributed by atoms with E-state index in [0.29, 0.717) is 12.5 Å². The van der Waals surface area contributed by atoms with Crippen LogP contribution >= 0.6 is 11.6 Å². The molecule has 2 aromatic rings. The van der Waals surface area contributed by atoms with E-state index < -0.39 is 5.97 Å². The van der Waals surface area contributed by atoms with Gasteiger partial charge in [0.15, 0.2) is 0 Å². The maximum atomic E-state index is 10.9. The number of alkyl halides is 1. The van der Waals surface area contributed by atoms with Gasteiger partial charge >= 0.3 is 5.97 Å². The van der Waals surface area contributed by atoms with Crippen LogP contribution in [0.1, 0.15) is 22.3 Å². The quantitative estimate of drug-likeness (QED) is 0.875. The van der Waals surface area contributed by atoms with E-state index in [1.54, 1.807) is 6.07 Å². The predicted octanol–water partition coefficient (Wildman–Crippen LogP) is 3.88. The number of fused-ring (bicyclic) bond motifs is 2. The number of halogens is 1. The summed E-state index contributed by atoms with van der Waals surface area (Å²) in [6.45, 7) is 0.487. The third-order valence-electron chi connectivity index (χ3n) is 3.66. The molecule has 0 fully saturated rings. The zero-order chi connectivity index (χ0) is 15.5. The van der Waals surface area contributed by atoms with Crippen molar-refractivity contribution in [3.05, 3.63) is 70.8 Å². The number of hydrogen-bond acceptors (Lipinski definition) is 2. The van der Waals surface area contributed by atoms with E-state index in [1.807, 2.05) is 42.5 Å². The minimum absolute atomic E-state index is 0.0108. The van der Waals surface area contributed by atoms with Crippen molar-refractivity contribution >= 4 is 23.1 Å². The Bertz CT molecular complexity index is 750. The molecule has 0 radical (unpaired) electrons. The van der Waals surface area contributed by atoms with Crippen molar-refractivity contribution in [3.63, 3.8) is 0 Å². The highest BCUT2D eigenvalue weighted by atomic mass is 35.5. The summed E-state index contributed by atoms with van der Waals surface area (Å²) in [6.07, 6.45) is 1.93. The number of carbonyl (C=O) groups is 1. The summed E-state index contributed by atoms with van der Waals surface area (Å²) < 4.78 is 5.88. The molecule has 1 aliphatic rings. The number of aliphatic carboxylic acids is 1. The summed E-state index contributed by atoms with van der Waals surface area (Å²) in [5, 5.41) is 8.99. The Morgan fingerprint density at radius 1 is 1.23 bits per heavy atom. The first-order valence-corrected chi connectivity index (χ1v) is 7.55. The van der Waals surface area contributed by atoms with Gasteiger partial charge in [-0.1, -0.05) is 36.4 Å². The molecule has 0 aliphatic carbocycles. The fraction of sp³-hybridized carbons (Fsp3) is 0.167. The van der Waals surface area contributed by atoms with Gasteiger partial charge in [0.25, 0.3) is 0 Å². The summed E-state index contributed by atoms with van der Waals surface area (Å²) in [5.41, 5.74) is 4.80. The molecule has 0 aromatic heterocycles. The van der Waals surface area contributed by atoms with E-state index in [1.165, 1.54) is 0 Å². The van der Waals surface area contributed by atoms with Crippen LogP contribution in [0, 0.1) is 0 Å². The second kappa shape index (κ2) is 6.24. The standard InChI is InChI=1S/C18H15ClO3/c19-8-7-15-14-4-2-1-3-13(14)11-22-17-6-5-12(9-16(15)17)10-18(20)21/h1-7,9H,8,10-11H2,(H,20,21). The van der Waals surface area contributed by atoms with Crippen LogP contribution in [-0.2, 0) is 17.8 Å². The molecule has 22 heavy (non-hydrogen) atoms. The number of hydrogen-bond donors (Lipinski definition) is 1. The van der Waals surface area contributed by atoms with Crippen molar-refractivity contribution in [2.75, 3.05) is 5.88 Å². The molecule has 3 rings (SSSR count). The lowest BCUT2D eigenvalue weighted by molar-refractivity contribution is -0.136. The monoisotopic (exact) mass is 314 g/mol. The van der Waals surface area contributed by atoms with Crippen LogP contribution in [0.5, 0.6) is 5.75 Å². The topological polar surface area (TPSA) is 46.5 Å². The second-order valence-electron chi connectivity index (χ2n) is 5.12. The fourth-order valence-corrected chi connectivity index (χ4v) is 2.86. The Morgan fingerprint density at radius 2 is 2.05 bits per heavy atom. The lowest BCUT2D eigenvalue weighted by Gasteiger charge is -2.11. The lowest BCUT2D eigenvalue weighted by Crippen LogP contribution is -2.01. The van der Waals surface area contributed by atoms with Gasteiger partial charge in [0.2, 0.25) is 0 Å². The van der Waals surface area contributed by atoms with Crippen molar-refractivity contribution in [2.24, 2.45) is 0 Å². The van der Waals surface area contributed by atoms with Gasteiger partial charge in [-0.05, 0) is 34.4 Å². The first-order valence-electron chi connectivity index (χ1n) is 7.01. The van der Waals surface area contributed by atoms with Gasteiger partial charge in [-0.2, -0.15) is 0 Å². The highest BCUT2D eigenvalue weighted by Gasteiger charge is 2.19. The molecule has 112 valence electrons. The molecule has 3 nitrogen and oxygen atoms in total. The van der Waals surface area contributed by atoms with E-state index >= 15 is 0 Å². The molecule has 4 heteroatoms. The summed E-state index contributed by atoms with van der Waals surface area (Å²) in [7, 11) is 0. The van der Waals surface area contributed by atoms with E-state index in [-0.39, 0.29) is 6.42 Å². The molecular formula is C18H15ClO3. The van der Waals surface area contributed by atoms with Crippen molar-refractivity contribution in [2.45, 2.75) is 13.0 Å². The van der Waals surface area contributed by atoms with Crippen LogP contribution in [0.25, 0.3) is 5.57 Å². The summed E-state index contributed by atoms with van der Waals surface area (Å²) in [5.74, 6) is 0.284. The predicted molar refractivity (Wildman–Crippen MR) is 86.4 cm³/mol. The Labute approximate surface area is 133 Å². The number of carboxylic acids is 1. The molecular weight excluding hydrogens is 300 g/mol. The zero-order valence-electron chi connectivity index (χ0n) is 11.9. The van der Waals surface area contributed by atoms with E-state index in [2.05, 4.69) is 0 Å². The molecule has 0 bridgehead atoms. The van der Waals surface area contributed by atoms with Crippen molar-refractivity contribution in [3.8, 4) is 5.75 Å². The molecule has 1 N–H and O–H groups in total. The van der Waals surface area contributed by atoms with Crippen LogP contribution in [-0.4, -0.2) is 17.0 Å². The van der Waals surface area contributed by atoms with Crippen LogP contribution in [0.2, 0.25) is 0 Å². The average molecular weight is 315 g/mol. The summed E-state index contributed by atoms with van der Waals surface area (Å²) >= 11 is 5.93. The SMILES string of the molecule is O=C(O)Cc1ccc2c(c1)C(=CCCl)c1ccccc1CO2. The first kappa shape index (κ1) is 14.7. The molecule has 0 unspecified atom stereocenters. The smallest absolute Gasteiger partial charge is 0.307 e. The van der Waals surface area contributed by atoms with E-state index in [0.717, 1.165) is 33.6 Å². The first-order chi connectivity index (χ1) is 10.7. The van der Waals surface area contributed by atoms with Gasteiger partial charge in [0.05, 0.1) is 6.42 Å². The molecule has 0 amide bonds. The van der Waals surface area contributed by atoms with Crippen molar-refractivity contribution < 1.29 is 14.6 Å². The molecule has 1 aliphatic heterocycles. The van der Waals surface area contributed by atoms with Gasteiger partial charge in [0, 0.05) is 11.4 Å². The number of rotatable bonds is 3. The average Bonchev–Trinajstić information content (AvgIpc) is 2.65. The summed E-state index contributed by atoms with van der Waals surface area (Å²) in [6, 6.07) is 13.5. The Kier molecular flexibility index (Phi) is 4.16. The minimum atomic E-state index is -0.849. The highest BCUT2D eigenvalue weighted by Crippen LogP contribution is 2.37. The van der Waals surface area contributed by atoms with Crippen molar-refractivity contribution in [1.29, 1.82) is 0 Å². The molecule has 1 heterocycles. The summed E-state index contributed by atoms with van der Waals surface area (Å²) in [4.78, 5) is 10.9. The third-order valence-corrected chi connectivity index (χ3v) is 3.82. The van der Waals surface area contributed by atoms with Gasteiger partial charge in [0.1, 0.15) is 12.4 Å². The van der Waals surface area contributed by atoms with Gasteiger partial charge in [-0.3, -0.25) is 4.79 Å². The van der Waals surface area contributed by atoms with Gasteiger partial charge in [-0.25, -0.2) is 0 Å².